The number of hydrogen-bond donors (Lipinski definition) is 2. The van der Waals surface area contributed by atoms with E-state index in [2.05, 4.69) is 51.7 Å². The van der Waals surface area contributed by atoms with Crippen molar-refractivity contribution in [2.45, 2.75) is 38.8 Å². The Morgan fingerprint density at radius 1 is 1.47 bits per heavy atom. The quantitative estimate of drug-likeness (QED) is 0.817. The van der Waals surface area contributed by atoms with Gasteiger partial charge in [-0.1, -0.05) is 22.0 Å². The maximum Gasteiger partial charge on any atom is 0.0208 e. The number of benzene rings is 1. The van der Waals surface area contributed by atoms with Gasteiger partial charge in [-0.15, -0.1) is 0 Å². The highest BCUT2D eigenvalue weighted by atomic mass is 79.9. The fraction of sp³-hybridized carbons (Fsp3) is 0.571. The van der Waals surface area contributed by atoms with Gasteiger partial charge in [0.1, 0.15) is 0 Å². The highest BCUT2D eigenvalue weighted by Crippen LogP contribution is 2.16. The van der Waals surface area contributed by atoms with Crippen LogP contribution in [-0.4, -0.2) is 19.1 Å². The van der Waals surface area contributed by atoms with Gasteiger partial charge in [0.25, 0.3) is 0 Å². The molecule has 2 N–H and O–H groups in total. The molecular formula is C14H21BrN2. The van der Waals surface area contributed by atoms with Crippen LogP contribution >= 0.6 is 15.9 Å². The van der Waals surface area contributed by atoms with Crippen molar-refractivity contribution in [1.29, 1.82) is 0 Å². The maximum absolute atomic E-state index is 3.54. The summed E-state index contributed by atoms with van der Waals surface area (Å²) in [6, 6.07) is 7.21. The van der Waals surface area contributed by atoms with Crippen molar-refractivity contribution in [3.05, 3.63) is 33.8 Å². The molecule has 1 aliphatic heterocycles. The van der Waals surface area contributed by atoms with Crippen LogP contribution in [0, 0.1) is 6.92 Å². The van der Waals surface area contributed by atoms with Crippen molar-refractivity contribution in [1.82, 2.24) is 10.6 Å². The Labute approximate surface area is 112 Å². The minimum Gasteiger partial charge on any atom is -0.314 e. The molecule has 2 rings (SSSR count). The third-order valence-electron chi connectivity index (χ3n) is 3.46. The standard InChI is InChI=1S/C14H21BrN2/c1-11-4-5-13(15)9-12(11)10-16-8-6-14-3-2-7-17-14/h4-5,9,14,16-17H,2-3,6-8,10H2,1H3. The van der Waals surface area contributed by atoms with Gasteiger partial charge in [0, 0.05) is 17.1 Å². The van der Waals surface area contributed by atoms with E-state index < -0.39 is 0 Å². The van der Waals surface area contributed by atoms with Crippen LogP contribution in [0.5, 0.6) is 0 Å². The number of nitrogens with one attached hydrogen (secondary N) is 2. The first-order valence-electron chi connectivity index (χ1n) is 6.45. The summed E-state index contributed by atoms with van der Waals surface area (Å²) in [5.41, 5.74) is 2.75. The SMILES string of the molecule is Cc1ccc(Br)cc1CNCCC1CCCN1. The summed E-state index contributed by atoms with van der Waals surface area (Å²) in [5.74, 6) is 0. The molecular weight excluding hydrogens is 276 g/mol. The normalized spacial score (nSPS) is 19.8. The number of aryl methyl sites for hydroxylation is 1. The van der Waals surface area contributed by atoms with Gasteiger partial charge in [0.15, 0.2) is 0 Å². The van der Waals surface area contributed by atoms with Crippen LogP contribution < -0.4 is 10.6 Å². The van der Waals surface area contributed by atoms with Gasteiger partial charge >= 0.3 is 0 Å². The average molecular weight is 297 g/mol. The van der Waals surface area contributed by atoms with E-state index in [1.807, 2.05) is 0 Å². The Balaban J connectivity index is 1.72. The molecule has 0 amide bonds. The lowest BCUT2D eigenvalue weighted by Gasteiger charge is -2.12. The van der Waals surface area contributed by atoms with Crippen molar-refractivity contribution >= 4 is 15.9 Å². The fourth-order valence-electron chi connectivity index (χ4n) is 2.33. The van der Waals surface area contributed by atoms with Gasteiger partial charge in [-0.25, -0.2) is 0 Å². The molecule has 1 aromatic rings. The molecule has 1 atom stereocenters. The third-order valence-corrected chi connectivity index (χ3v) is 3.95. The first-order chi connectivity index (χ1) is 8.25. The topological polar surface area (TPSA) is 24.1 Å². The molecule has 3 heteroatoms. The van der Waals surface area contributed by atoms with Crippen LogP contribution in [0.15, 0.2) is 22.7 Å². The molecule has 1 saturated heterocycles. The zero-order chi connectivity index (χ0) is 12.1. The lowest BCUT2D eigenvalue weighted by Crippen LogP contribution is -2.27. The van der Waals surface area contributed by atoms with E-state index in [0.717, 1.165) is 23.6 Å². The van der Waals surface area contributed by atoms with Crippen molar-refractivity contribution in [3.8, 4) is 0 Å². The summed E-state index contributed by atoms with van der Waals surface area (Å²) < 4.78 is 1.16. The van der Waals surface area contributed by atoms with E-state index in [1.165, 1.54) is 36.9 Å². The number of halogens is 1. The minimum absolute atomic E-state index is 0.742. The first-order valence-corrected chi connectivity index (χ1v) is 7.24. The summed E-state index contributed by atoms with van der Waals surface area (Å²) in [4.78, 5) is 0. The Kier molecular flexibility index (Phi) is 5.01. The molecule has 1 aromatic carbocycles. The molecule has 94 valence electrons. The zero-order valence-corrected chi connectivity index (χ0v) is 12.0. The van der Waals surface area contributed by atoms with E-state index in [-0.39, 0.29) is 0 Å². The molecule has 1 unspecified atom stereocenters. The maximum atomic E-state index is 3.54. The summed E-state index contributed by atoms with van der Waals surface area (Å²) in [5, 5.41) is 7.06. The van der Waals surface area contributed by atoms with Crippen LogP contribution in [0.4, 0.5) is 0 Å². The largest absolute Gasteiger partial charge is 0.314 e. The minimum atomic E-state index is 0.742. The lowest BCUT2D eigenvalue weighted by molar-refractivity contribution is 0.523. The predicted octanol–water partition coefficient (Wildman–Crippen LogP) is 2.99. The molecule has 17 heavy (non-hydrogen) atoms. The van der Waals surface area contributed by atoms with Gasteiger partial charge in [-0.05, 0) is 62.5 Å². The smallest absolute Gasteiger partial charge is 0.0208 e. The second kappa shape index (κ2) is 6.53. The molecule has 0 bridgehead atoms. The Morgan fingerprint density at radius 2 is 2.35 bits per heavy atom. The van der Waals surface area contributed by atoms with Gasteiger partial charge in [-0.3, -0.25) is 0 Å². The lowest BCUT2D eigenvalue weighted by atomic mass is 10.1. The van der Waals surface area contributed by atoms with Crippen molar-refractivity contribution in [2.24, 2.45) is 0 Å². The second-order valence-electron chi connectivity index (χ2n) is 4.83. The number of rotatable bonds is 5. The average Bonchev–Trinajstić information content (AvgIpc) is 2.82. The Hall–Kier alpha value is -0.380. The highest BCUT2D eigenvalue weighted by molar-refractivity contribution is 9.10. The zero-order valence-electron chi connectivity index (χ0n) is 10.4. The molecule has 0 spiro atoms. The van der Waals surface area contributed by atoms with E-state index in [4.69, 9.17) is 0 Å². The molecule has 1 fully saturated rings. The molecule has 2 nitrogen and oxygen atoms in total. The predicted molar refractivity (Wildman–Crippen MR) is 76.2 cm³/mol. The van der Waals surface area contributed by atoms with Crippen molar-refractivity contribution in [3.63, 3.8) is 0 Å². The van der Waals surface area contributed by atoms with Gasteiger partial charge in [0.2, 0.25) is 0 Å². The second-order valence-corrected chi connectivity index (χ2v) is 5.75. The first kappa shape index (κ1) is 13.1. The van der Waals surface area contributed by atoms with E-state index >= 15 is 0 Å². The summed E-state index contributed by atoms with van der Waals surface area (Å²) in [6.45, 7) is 5.44. The summed E-state index contributed by atoms with van der Waals surface area (Å²) >= 11 is 3.52. The van der Waals surface area contributed by atoms with Crippen LogP contribution in [0.3, 0.4) is 0 Å². The van der Waals surface area contributed by atoms with E-state index in [9.17, 15) is 0 Å². The van der Waals surface area contributed by atoms with Gasteiger partial charge in [-0.2, -0.15) is 0 Å². The molecule has 0 aliphatic carbocycles. The van der Waals surface area contributed by atoms with E-state index in [1.54, 1.807) is 0 Å². The summed E-state index contributed by atoms with van der Waals surface area (Å²) in [7, 11) is 0. The molecule has 1 heterocycles. The van der Waals surface area contributed by atoms with Crippen LogP contribution in [0.1, 0.15) is 30.4 Å². The monoisotopic (exact) mass is 296 g/mol. The van der Waals surface area contributed by atoms with E-state index in [0.29, 0.717) is 0 Å². The molecule has 0 radical (unpaired) electrons. The van der Waals surface area contributed by atoms with Crippen LogP contribution in [0.25, 0.3) is 0 Å². The van der Waals surface area contributed by atoms with Crippen LogP contribution in [0.2, 0.25) is 0 Å². The fourth-order valence-corrected chi connectivity index (χ4v) is 2.74. The van der Waals surface area contributed by atoms with Gasteiger partial charge < -0.3 is 10.6 Å². The Bertz CT molecular complexity index is 359. The molecule has 0 saturated carbocycles. The van der Waals surface area contributed by atoms with Gasteiger partial charge in [0.05, 0.1) is 0 Å². The molecule has 1 aliphatic rings. The van der Waals surface area contributed by atoms with Crippen molar-refractivity contribution < 1.29 is 0 Å². The number of hydrogen-bond acceptors (Lipinski definition) is 2. The van der Waals surface area contributed by atoms with Crippen LogP contribution in [-0.2, 0) is 6.54 Å². The molecule has 0 aromatic heterocycles. The third kappa shape index (κ3) is 4.09. The Morgan fingerprint density at radius 3 is 3.12 bits per heavy atom. The summed E-state index contributed by atoms with van der Waals surface area (Å²) in [6.07, 6.45) is 3.93. The van der Waals surface area contributed by atoms with Crippen molar-refractivity contribution in [2.75, 3.05) is 13.1 Å². The highest BCUT2D eigenvalue weighted by Gasteiger charge is 2.12.